The van der Waals surface area contributed by atoms with Crippen LogP contribution in [-0.4, -0.2) is 39.5 Å². The molecule has 160 valence electrons. The van der Waals surface area contributed by atoms with Gasteiger partial charge in [-0.25, -0.2) is 4.68 Å². The molecule has 7 nitrogen and oxygen atoms in total. The Labute approximate surface area is 177 Å². The fraction of sp³-hybridized carbons (Fsp3) is 0.478. The Morgan fingerprint density at radius 3 is 2.77 bits per heavy atom. The van der Waals surface area contributed by atoms with Crippen molar-refractivity contribution in [2.75, 3.05) is 0 Å². The number of aromatic nitrogens is 2. The smallest absolute Gasteiger partial charge is 0.252 e. The summed E-state index contributed by atoms with van der Waals surface area (Å²) in [6, 6.07) is 8.18. The Hall–Kier alpha value is -2.96. The molecule has 3 atom stereocenters. The van der Waals surface area contributed by atoms with Gasteiger partial charge in [0.25, 0.3) is 5.91 Å². The molecule has 3 rings (SSSR count). The molecule has 0 radical (unpaired) electrons. The molecule has 2 aromatic rings. The fourth-order valence-electron chi connectivity index (χ4n) is 4.03. The van der Waals surface area contributed by atoms with Crippen LogP contribution in [0.5, 0.6) is 0 Å². The fourth-order valence-corrected chi connectivity index (χ4v) is 4.03. The number of hydrogen-bond acceptors (Lipinski definition) is 4. The second-order valence-corrected chi connectivity index (χ2v) is 7.93. The molecule has 0 bridgehead atoms. The van der Waals surface area contributed by atoms with Gasteiger partial charge in [-0.3, -0.25) is 14.4 Å². The number of ketones is 1. The van der Waals surface area contributed by atoms with Crippen molar-refractivity contribution in [3.8, 4) is 5.69 Å². The van der Waals surface area contributed by atoms with Crippen molar-refractivity contribution in [3.63, 3.8) is 0 Å². The molecule has 7 heteroatoms. The Kier molecular flexibility index (Phi) is 7.38. The molecule has 1 fully saturated rings. The maximum absolute atomic E-state index is 12.9. The summed E-state index contributed by atoms with van der Waals surface area (Å²) in [7, 11) is 0. The first-order valence-electron chi connectivity index (χ1n) is 10.7. The highest BCUT2D eigenvalue weighted by Gasteiger charge is 2.33. The Morgan fingerprint density at radius 2 is 2.07 bits per heavy atom. The first-order valence-corrected chi connectivity index (χ1v) is 10.7. The lowest BCUT2D eigenvalue weighted by atomic mass is 9.98. The van der Waals surface area contributed by atoms with Gasteiger partial charge >= 0.3 is 0 Å². The first kappa shape index (κ1) is 21.7. The molecule has 1 aliphatic rings. The molecule has 2 N–H and O–H groups in total. The van der Waals surface area contributed by atoms with E-state index in [1.807, 2.05) is 25.3 Å². The number of benzene rings is 1. The van der Waals surface area contributed by atoms with Crippen LogP contribution in [0.4, 0.5) is 0 Å². The van der Waals surface area contributed by atoms with E-state index in [-0.39, 0.29) is 29.6 Å². The van der Waals surface area contributed by atoms with Crippen molar-refractivity contribution < 1.29 is 14.4 Å². The summed E-state index contributed by atoms with van der Waals surface area (Å²) >= 11 is 0. The summed E-state index contributed by atoms with van der Waals surface area (Å²) in [5.41, 5.74) is 1.25. The molecular weight excluding hydrogens is 380 g/mol. The largest absolute Gasteiger partial charge is 0.351 e. The van der Waals surface area contributed by atoms with Gasteiger partial charge in [0.15, 0.2) is 0 Å². The highest BCUT2D eigenvalue weighted by atomic mass is 16.2. The SMILES string of the molecule is CCCC[C@H](NC(=O)c1cccc(-n2cccn2)c1)C(=O)N[C@H]1CCC[C@H]1C(C)=O. The highest BCUT2D eigenvalue weighted by Crippen LogP contribution is 2.26. The lowest BCUT2D eigenvalue weighted by Gasteiger charge is -2.24. The van der Waals surface area contributed by atoms with Gasteiger partial charge in [-0.1, -0.05) is 32.3 Å². The summed E-state index contributed by atoms with van der Waals surface area (Å²) in [4.78, 5) is 37.7. The van der Waals surface area contributed by atoms with Crippen molar-refractivity contribution >= 4 is 17.6 Å². The first-order chi connectivity index (χ1) is 14.5. The minimum Gasteiger partial charge on any atom is -0.351 e. The average molecular weight is 411 g/mol. The van der Waals surface area contributed by atoms with E-state index in [0.717, 1.165) is 37.8 Å². The topological polar surface area (TPSA) is 93.1 Å². The van der Waals surface area contributed by atoms with Crippen LogP contribution in [0.1, 0.15) is 62.7 Å². The van der Waals surface area contributed by atoms with Crippen molar-refractivity contribution in [2.24, 2.45) is 5.92 Å². The van der Waals surface area contributed by atoms with Crippen LogP contribution >= 0.6 is 0 Å². The van der Waals surface area contributed by atoms with E-state index in [1.54, 1.807) is 36.0 Å². The van der Waals surface area contributed by atoms with E-state index in [0.29, 0.717) is 12.0 Å². The second-order valence-electron chi connectivity index (χ2n) is 7.93. The minimum atomic E-state index is -0.626. The molecule has 2 amide bonds. The number of amides is 2. The number of unbranched alkanes of at least 4 members (excludes halogenated alkanes) is 1. The molecule has 0 saturated heterocycles. The van der Waals surface area contributed by atoms with Gasteiger partial charge in [0, 0.05) is 29.9 Å². The quantitative estimate of drug-likeness (QED) is 0.664. The summed E-state index contributed by atoms with van der Waals surface area (Å²) < 4.78 is 1.68. The number of hydrogen-bond donors (Lipinski definition) is 2. The minimum absolute atomic E-state index is 0.113. The Morgan fingerprint density at radius 1 is 1.23 bits per heavy atom. The van der Waals surface area contributed by atoms with Crippen LogP contribution in [0.2, 0.25) is 0 Å². The van der Waals surface area contributed by atoms with Crippen LogP contribution in [0.3, 0.4) is 0 Å². The highest BCUT2D eigenvalue weighted by molar-refractivity contribution is 5.98. The molecule has 1 aromatic heterocycles. The zero-order valence-corrected chi connectivity index (χ0v) is 17.6. The number of carbonyl (C=O) groups excluding carboxylic acids is 3. The molecule has 1 aromatic carbocycles. The number of carbonyl (C=O) groups is 3. The van der Waals surface area contributed by atoms with E-state index in [2.05, 4.69) is 15.7 Å². The van der Waals surface area contributed by atoms with Crippen LogP contribution in [0, 0.1) is 5.92 Å². The van der Waals surface area contributed by atoms with Gasteiger partial charge in [0.05, 0.1) is 5.69 Å². The van der Waals surface area contributed by atoms with Crippen LogP contribution in [0.25, 0.3) is 5.69 Å². The van der Waals surface area contributed by atoms with Gasteiger partial charge in [0.2, 0.25) is 5.91 Å². The van der Waals surface area contributed by atoms with Crippen LogP contribution in [-0.2, 0) is 9.59 Å². The molecule has 30 heavy (non-hydrogen) atoms. The van der Waals surface area contributed by atoms with Crippen molar-refractivity contribution in [1.29, 1.82) is 0 Å². The van der Waals surface area contributed by atoms with Crippen LogP contribution < -0.4 is 10.6 Å². The zero-order chi connectivity index (χ0) is 21.5. The van der Waals surface area contributed by atoms with Gasteiger partial charge in [-0.05, 0) is 50.5 Å². The number of rotatable bonds is 9. The Balaban J connectivity index is 1.69. The van der Waals surface area contributed by atoms with E-state index in [4.69, 9.17) is 0 Å². The van der Waals surface area contributed by atoms with Gasteiger partial charge in [-0.2, -0.15) is 5.10 Å². The molecule has 1 aliphatic carbocycles. The summed E-state index contributed by atoms with van der Waals surface area (Å²) in [5.74, 6) is -0.516. The molecular formula is C23H30N4O3. The third-order valence-electron chi connectivity index (χ3n) is 5.71. The number of nitrogens with zero attached hydrogens (tertiary/aromatic N) is 2. The second kappa shape index (κ2) is 10.2. The van der Waals surface area contributed by atoms with Gasteiger partial charge in [-0.15, -0.1) is 0 Å². The molecule has 0 unspecified atom stereocenters. The Bertz CT molecular complexity index is 878. The summed E-state index contributed by atoms with van der Waals surface area (Å²) in [6.07, 6.45) is 8.34. The lowest BCUT2D eigenvalue weighted by molar-refractivity contribution is -0.125. The maximum atomic E-state index is 12.9. The number of nitrogens with one attached hydrogen (secondary N) is 2. The molecule has 1 heterocycles. The summed E-state index contributed by atoms with van der Waals surface area (Å²) in [5, 5.41) is 10.1. The lowest BCUT2D eigenvalue weighted by Crippen LogP contribution is -2.51. The number of Topliss-reactive ketones (excluding diaryl/α,β-unsaturated/α-hetero) is 1. The third kappa shape index (κ3) is 5.34. The maximum Gasteiger partial charge on any atom is 0.252 e. The zero-order valence-electron chi connectivity index (χ0n) is 17.6. The van der Waals surface area contributed by atoms with Gasteiger partial charge < -0.3 is 10.6 Å². The van der Waals surface area contributed by atoms with E-state index in [9.17, 15) is 14.4 Å². The van der Waals surface area contributed by atoms with E-state index < -0.39 is 6.04 Å². The predicted molar refractivity (Wildman–Crippen MR) is 114 cm³/mol. The van der Waals surface area contributed by atoms with Crippen molar-refractivity contribution in [2.45, 2.75) is 64.5 Å². The molecule has 0 aliphatic heterocycles. The predicted octanol–water partition coefficient (Wildman–Crippen LogP) is 3.03. The van der Waals surface area contributed by atoms with E-state index >= 15 is 0 Å². The van der Waals surface area contributed by atoms with Gasteiger partial charge in [0.1, 0.15) is 11.8 Å². The summed E-state index contributed by atoms with van der Waals surface area (Å²) in [6.45, 7) is 3.63. The standard InChI is InChI=1S/C23H30N4O3/c1-3-4-11-21(23(30)25-20-12-6-10-19(20)16(2)28)26-22(29)17-8-5-9-18(15-17)27-14-7-13-24-27/h5,7-9,13-15,19-21H,3-4,6,10-12H2,1-2H3,(H,25,30)(H,26,29)/t19-,20-,21-/m0/s1. The van der Waals surface area contributed by atoms with Crippen LogP contribution in [0.15, 0.2) is 42.7 Å². The monoisotopic (exact) mass is 410 g/mol. The normalized spacial score (nSPS) is 19.3. The van der Waals surface area contributed by atoms with E-state index in [1.165, 1.54) is 0 Å². The molecule has 1 saturated carbocycles. The van der Waals surface area contributed by atoms with Crippen molar-refractivity contribution in [1.82, 2.24) is 20.4 Å². The van der Waals surface area contributed by atoms with Crippen molar-refractivity contribution in [3.05, 3.63) is 48.3 Å². The average Bonchev–Trinajstić information content (AvgIpc) is 3.43. The third-order valence-corrected chi connectivity index (χ3v) is 5.71. The molecule has 0 spiro atoms.